The van der Waals surface area contributed by atoms with Crippen LogP contribution >= 0.6 is 11.8 Å². The van der Waals surface area contributed by atoms with Gasteiger partial charge in [0.1, 0.15) is 6.33 Å². The zero-order chi connectivity index (χ0) is 9.54. The van der Waals surface area contributed by atoms with Gasteiger partial charge in [-0.05, 0) is 18.1 Å². The molecule has 0 amide bonds. The lowest BCUT2D eigenvalue weighted by Gasteiger charge is -2.18. The van der Waals surface area contributed by atoms with Crippen molar-refractivity contribution in [1.82, 2.24) is 14.8 Å². The Bertz CT molecular complexity index is 490. The highest BCUT2D eigenvalue weighted by Crippen LogP contribution is 2.33. The van der Waals surface area contributed by atoms with Gasteiger partial charge in [0, 0.05) is 5.75 Å². The van der Waals surface area contributed by atoms with E-state index in [0.29, 0.717) is 0 Å². The predicted molar refractivity (Wildman–Crippen MR) is 55.7 cm³/mol. The van der Waals surface area contributed by atoms with Gasteiger partial charge in [-0.15, -0.1) is 10.2 Å². The Hall–Kier alpha value is -1.29. The van der Waals surface area contributed by atoms with E-state index in [4.69, 9.17) is 0 Å². The number of thioether (sulfide) groups is 1. The Kier molecular flexibility index (Phi) is 1.64. The predicted octanol–water partition coefficient (Wildman–Crippen LogP) is 2.18. The minimum absolute atomic E-state index is 0.992. The van der Waals surface area contributed by atoms with E-state index in [1.165, 1.54) is 16.8 Å². The second kappa shape index (κ2) is 2.85. The summed E-state index contributed by atoms with van der Waals surface area (Å²) in [5, 5.41) is 9.00. The monoisotopic (exact) mass is 203 g/mol. The molecule has 0 unspecified atom stereocenters. The van der Waals surface area contributed by atoms with Crippen molar-refractivity contribution in [2.75, 3.05) is 0 Å². The zero-order valence-electron chi connectivity index (χ0n) is 7.77. The summed E-state index contributed by atoms with van der Waals surface area (Å²) in [6.45, 7) is 2.12. The molecule has 1 aromatic carbocycles. The van der Waals surface area contributed by atoms with E-state index in [1.807, 2.05) is 0 Å². The van der Waals surface area contributed by atoms with Crippen LogP contribution in [0.3, 0.4) is 0 Å². The number of aryl methyl sites for hydroxylation is 1. The molecule has 1 aliphatic rings. The van der Waals surface area contributed by atoms with E-state index in [9.17, 15) is 0 Å². The van der Waals surface area contributed by atoms with Crippen molar-refractivity contribution in [3.8, 4) is 5.69 Å². The molecule has 0 fully saturated rings. The van der Waals surface area contributed by atoms with Crippen molar-refractivity contribution in [2.45, 2.75) is 17.8 Å². The van der Waals surface area contributed by atoms with Gasteiger partial charge in [-0.1, -0.05) is 30.0 Å². The molecule has 70 valence electrons. The lowest BCUT2D eigenvalue weighted by Crippen LogP contribution is -2.06. The van der Waals surface area contributed by atoms with Crippen LogP contribution in [-0.4, -0.2) is 14.8 Å². The van der Waals surface area contributed by atoms with E-state index in [0.717, 1.165) is 10.9 Å². The first-order valence-electron chi connectivity index (χ1n) is 4.48. The van der Waals surface area contributed by atoms with Gasteiger partial charge >= 0.3 is 0 Å². The van der Waals surface area contributed by atoms with Crippen molar-refractivity contribution in [3.63, 3.8) is 0 Å². The molecule has 2 aromatic rings. The first kappa shape index (κ1) is 8.05. The molecule has 1 aliphatic heterocycles. The van der Waals surface area contributed by atoms with Gasteiger partial charge in [0.25, 0.3) is 0 Å². The third kappa shape index (κ3) is 1.00. The summed E-state index contributed by atoms with van der Waals surface area (Å²) in [6.07, 6.45) is 1.79. The molecule has 0 N–H and O–H groups in total. The smallest absolute Gasteiger partial charge is 0.195 e. The highest BCUT2D eigenvalue weighted by molar-refractivity contribution is 7.98. The van der Waals surface area contributed by atoms with Crippen LogP contribution in [0, 0.1) is 6.92 Å². The van der Waals surface area contributed by atoms with Gasteiger partial charge < -0.3 is 0 Å². The third-order valence-electron chi connectivity index (χ3n) is 2.44. The average Bonchev–Trinajstić information content (AvgIpc) is 2.65. The quantitative estimate of drug-likeness (QED) is 0.657. The molecular weight excluding hydrogens is 194 g/mol. The Labute approximate surface area is 86.2 Å². The molecule has 3 nitrogen and oxygen atoms in total. The molecule has 0 spiro atoms. The van der Waals surface area contributed by atoms with Crippen LogP contribution < -0.4 is 0 Å². The number of para-hydroxylation sites is 1. The van der Waals surface area contributed by atoms with Crippen molar-refractivity contribution >= 4 is 11.8 Å². The standard InChI is InChI=1S/C10H9N3S/c1-7-3-2-4-8-5-14-10-12-11-6-13(10)9(7)8/h2-4,6H,5H2,1H3. The van der Waals surface area contributed by atoms with Crippen LogP contribution in [0.4, 0.5) is 0 Å². The van der Waals surface area contributed by atoms with E-state index in [-0.39, 0.29) is 0 Å². The fourth-order valence-corrected chi connectivity index (χ4v) is 2.70. The Morgan fingerprint density at radius 1 is 1.43 bits per heavy atom. The minimum Gasteiger partial charge on any atom is -0.276 e. The van der Waals surface area contributed by atoms with Gasteiger partial charge in [0.05, 0.1) is 5.69 Å². The molecule has 14 heavy (non-hydrogen) atoms. The van der Waals surface area contributed by atoms with Gasteiger partial charge in [0.2, 0.25) is 0 Å². The van der Waals surface area contributed by atoms with Crippen molar-refractivity contribution in [3.05, 3.63) is 35.7 Å². The number of fused-ring (bicyclic) bond motifs is 3. The highest BCUT2D eigenvalue weighted by Gasteiger charge is 2.18. The minimum atomic E-state index is 0.992. The molecule has 3 rings (SSSR count). The molecule has 4 heteroatoms. The maximum atomic E-state index is 4.07. The summed E-state index contributed by atoms with van der Waals surface area (Å²) in [4.78, 5) is 0. The van der Waals surface area contributed by atoms with Gasteiger partial charge in [0.15, 0.2) is 5.16 Å². The van der Waals surface area contributed by atoms with Gasteiger partial charge in [-0.2, -0.15) is 0 Å². The fraction of sp³-hybridized carbons (Fsp3) is 0.200. The van der Waals surface area contributed by atoms with Crippen LogP contribution in [0.25, 0.3) is 5.69 Å². The SMILES string of the molecule is Cc1cccc2c1-n1cnnc1SC2. The Balaban J connectivity index is 2.34. The number of aromatic nitrogens is 3. The largest absolute Gasteiger partial charge is 0.276 e. The van der Waals surface area contributed by atoms with Crippen LogP contribution in [-0.2, 0) is 5.75 Å². The fourth-order valence-electron chi connectivity index (χ4n) is 1.80. The number of hydrogen-bond acceptors (Lipinski definition) is 3. The maximum Gasteiger partial charge on any atom is 0.195 e. The van der Waals surface area contributed by atoms with E-state index in [1.54, 1.807) is 18.1 Å². The second-order valence-corrected chi connectivity index (χ2v) is 4.30. The summed E-state index contributed by atoms with van der Waals surface area (Å²) in [6, 6.07) is 6.39. The number of nitrogens with zero attached hydrogens (tertiary/aromatic N) is 3. The Morgan fingerprint density at radius 2 is 2.36 bits per heavy atom. The topological polar surface area (TPSA) is 30.7 Å². The average molecular weight is 203 g/mol. The van der Waals surface area contributed by atoms with Crippen LogP contribution in [0.5, 0.6) is 0 Å². The zero-order valence-corrected chi connectivity index (χ0v) is 8.58. The van der Waals surface area contributed by atoms with E-state index >= 15 is 0 Å². The molecule has 2 heterocycles. The maximum absolute atomic E-state index is 4.07. The van der Waals surface area contributed by atoms with Crippen molar-refractivity contribution in [1.29, 1.82) is 0 Å². The van der Waals surface area contributed by atoms with E-state index < -0.39 is 0 Å². The summed E-state index contributed by atoms with van der Waals surface area (Å²) in [5.74, 6) is 0.996. The summed E-state index contributed by atoms with van der Waals surface area (Å²) in [5.41, 5.74) is 3.90. The van der Waals surface area contributed by atoms with Crippen LogP contribution in [0.2, 0.25) is 0 Å². The summed E-state index contributed by atoms with van der Waals surface area (Å²) < 4.78 is 2.07. The summed E-state index contributed by atoms with van der Waals surface area (Å²) >= 11 is 1.74. The lowest BCUT2D eigenvalue weighted by atomic mass is 10.1. The third-order valence-corrected chi connectivity index (χ3v) is 3.43. The first-order valence-corrected chi connectivity index (χ1v) is 5.46. The Morgan fingerprint density at radius 3 is 3.29 bits per heavy atom. The van der Waals surface area contributed by atoms with Crippen molar-refractivity contribution in [2.24, 2.45) is 0 Å². The second-order valence-electron chi connectivity index (χ2n) is 3.35. The molecule has 0 radical (unpaired) electrons. The molecule has 1 aromatic heterocycles. The van der Waals surface area contributed by atoms with Crippen LogP contribution in [0.15, 0.2) is 29.7 Å². The van der Waals surface area contributed by atoms with Gasteiger partial charge in [-0.3, -0.25) is 4.57 Å². The molecule has 0 bridgehead atoms. The number of hydrogen-bond donors (Lipinski definition) is 0. The highest BCUT2D eigenvalue weighted by atomic mass is 32.2. The normalized spacial score (nSPS) is 13.5. The number of benzene rings is 1. The van der Waals surface area contributed by atoms with Crippen molar-refractivity contribution < 1.29 is 0 Å². The molecular formula is C10H9N3S. The molecule has 0 atom stereocenters. The molecule has 0 saturated heterocycles. The lowest BCUT2D eigenvalue weighted by molar-refractivity contribution is 0.857. The molecule has 0 aliphatic carbocycles. The first-order chi connectivity index (χ1) is 6.86. The van der Waals surface area contributed by atoms with Gasteiger partial charge in [-0.25, -0.2) is 0 Å². The number of rotatable bonds is 0. The van der Waals surface area contributed by atoms with Crippen LogP contribution in [0.1, 0.15) is 11.1 Å². The summed E-state index contributed by atoms with van der Waals surface area (Å²) in [7, 11) is 0. The molecule has 0 saturated carbocycles. The van der Waals surface area contributed by atoms with E-state index in [2.05, 4.69) is 39.9 Å².